The van der Waals surface area contributed by atoms with Crippen molar-refractivity contribution in [1.29, 1.82) is 0 Å². The van der Waals surface area contributed by atoms with Crippen LogP contribution >= 0.6 is 0 Å². The van der Waals surface area contributed by atoms with Gasteiger partial charge < -0.3 is 21.1 Å². The summed E-state index contributed by atoms with van der Waals surface area (Å²) in [5.41, 5.74) is 4.84. The minimum Gasteiger partial charge on any atom is -0.508 e. The van der Waals surface area contributed by atoms with Gasteiger partial charge in [-0.05, 0) is 24.6 Å². The third-order valence-corrected chi connectivity index (χ3v) is 3.31. The van der Waals surface area contributed by atoms with E-state index in [4.69, 9.17) is 5.73 Å². The number of phenolic OH excluding ortho intramolecular Hbond substituents is 2. The van der Waals surface area contributed by atoms with Gasteiger partial charge in [0.15, 0.2) is 0 Å². The number of hydrogen-bond acceptors (Lipinski definition) is 4. The van der Waals surface area contributed by atoms with Gasteiger partial charge >= 0.3 is 5.97 Å². The van der Waals surface area contributed by atoms with Gasteiger partial charge in [-0.3, -0.25) is 4.79 Å². The van der Waals surface area contributed by atoms with Gasteiger partial charge in [0.1, 0.15) is 17.0 Å². The zero-order chi connectivity index (χ0) is 13.9. The molecule has 100 valence electrons. The van der Waals surface area contributed by atoms with Gasteiger partial charge in [-0.15, -0.1) is 0 Å². The molecule has 0 aliphatic rings. The summed E-state index contributed by atoms with van der Waals surface area (Å²) in [6.45, 7) is 3.48. The van der Waals surface area contributed by atoms with Crippen molar-refractivity contribution in [3.05, 3.63) is 23.8 Å². The zero-order valence-corrected chi connectivity index (χ0v) is 10.6. The van der Waals surface area contributed by atoms with Crippen LogP contribution in [0, 0.1) is 0 Å². The van der Waals surface area contributed by atoms with E-state index in [0.717, 1.165) is 0 Å². The third-order valence-electron chi connectivity index (χ3n) is 3.31. The molecule has 1 aromatic rings. The summed E-state index contributed by atoms with van der Waals surface area (Å²) in [6.07, 6.45) is 0.908. The predicted octanol–water partition coefficient (Wildman–Crippen LogP) is 1.78. The predicted molar refractivity (Wildman–Crippen MR) is 67.6 cm³/mol. The molecule has 5 nitrogen and oxygen atoms in total. The van der Waals surface area contributed by atoms with Crippen LogP contribution in [-0.4, -0.2) is 26.8 Å². The van der Waals surface area contributed by atoms with Crippen molar-refractivity contribution in [2.24, 2.45) is 5.73 Å². The highest BCUT2D eigenvalue weighted by atomic mass is 16.4. The van der Waals surface area contributed by atoms with Gasteiger partial charge in [0.2, 0.25) is 0 Å². The van der Waals surface area contributed by atoms with Crippen LogP contribution in [0.25, 0.3) is 0 Å². The maximum Gasteiger partial charge on any atom is 0.324 e. The molecule has 0 amide bonds. The molecule has 0 aliphatic carbocycles. The number of rotatable bonds is 5. The van der Waals surface area contributed by atoms with Gasteiger partial charge in [-0.2, -0.15) is 0 Å². The van der Waals surface area contributed by atoms with Crippen molar-refractivity contribution in [3.8, 4) is 11.5 Å². The minimum atomic E-state index is -1.46. The number of aliphatic carboxylic acids is 1. The number of hydrogen-bond donors (Lipinski definition) is 4. The normalized spacial score (nSPS) is 15.9. The van der Waals surface area contributed by atoms with Crippen molar-refractivity contribution >= 4 is 5.97 Å². The van der Waals surface area contributed by atoms with E-state index < -0.39 is 17.4 Å². The van der Waals surface area contributed by atoms with E-state index >= 15 is 0 Å². The highest BCUT2D eigenvalue weighted by Gasteiger charge is 2.40. The molecule has 18 heavy (non-hydrogen) atoms. The Morgan fingerprint density at radius 2 is 2.06 bits per heavy atom. The van der Waals surface area contributed by atoms with Crippen LogP contribution in [0.4, 0.5) is 0 Å². The van der Waals surface area contributed by atoms with Crippen LogP contribution in [0.3, 0.4) is 0 Å². The van der Waals surface area contributed by atoms with E-state index in [1.165, 1.54) is 18.2 Å². The van der Waals surface area contributed by atoms with Crippen molar-refractivity contribution in [3.63, 3.8) is 0 Å². The number of nitrogens with two attached hydrogens (primary N) is 1. The van der Waals surface area contributed by atoms with E-state index in [0.29, 0.717) is 18.4 Å². The number of carboxylic acids is 1. The van der Waals surface area contributed by atoms with Crippen LogP contribution in [0.1, 0.15) is 38.2 Å². The largest absolute Gasteiger partial charge is 0.508 e. The zero-order valence-electron chi connectivity index (χ0n) is 10.6. The molecule has 5 heteroatoms. The molecule has 0 heterocycles. The van der Waals surface area contributed by atoms with Crippen molar-refractivity contribution in [1.82, 2.24) is 0 Å². The van der Waals surface area contributed by atoms with Gasteiger partial charge in [0, 0.05) is 11.5 Å². The summed E-state index contributed by atoms with van der Waals surface area (Å²) in [5.74, 6) is -1.81. The molecule has 0 saturated carbocycles. The summed E-state index contributed by atoms with van der Waals surface area (Å²) in [4.78, 5) is 11.4. The molecule has 1 aromatic carbocycles. The quantitative estimate of drug-likeness (QED) is 0.599. The van der Waals surface area contributed by atoms with Crippen LogP contribution < -0.4 is 5.73 Å². The second kappa shape index (κ2) is 5.27. The summed E-state index contributed by atoms with van der Waals surface area (Å²) < 4.78 is 0. The summed E-state index contributed by atoms with van der Waals surface area (Å²) in [5, 5.41) is 28.5. The fraction of sp³-hybridized carbons (Fsp3) is 0.462. The lowest BCUT2D eigenvalue weighted by Crippen LogP contribution is -2.52. The van der Waals surface area contributed by atoms with E-state index in [9.17, 15) is 20.1 Å². The van der Waals surface area contributed by atoms with Crippen LogP contribution in [0.5, 0.6) is 11.5 Å². The van der Waals surface area contributed by atoms with Crippen LogP contribution in [0.15, 0.2) is 18.2 Å². The van der Waals surface area contributed by atoms with Gasteiger partial charge in [0.25, 0.3) is 0 Å². The highest BCUT2D eigenvalue weighted by molar-refractivity contribution is 5.80. The van der Waals surface area contributed by atoms with Gasteiger partial charge in [0.05, 0.1) is 0 Å². The van der Waals surface area contributed by atoms with Crippen molar-refractivity contribution in [2.45, 2.75) is 38.1 Å². The molecule has 1 rings (SSSR count). The Bertz CT molecular complexity index is 447. The molecule has 0 aromatic heterocycles. The fourth-order valence-corrected chi connectivity index (χ4v) is 2.09. The van der Waals surface area contributed by atoms with Crippen LogP contribution in [-0.2, 0) is 4.79 Å². The van der Waals surface area contributed by atoms with Gasteiger partial charge in [-0.25, -0.2) is 0 Å². The number of benzene rings is 1. The average Bonchev–Trinajstić information content (AvgIpc) is 2.31. The lowest BCUT2D eigenvalue weighted by atomic mass is 9.78. The van der Waals surface area contributed by atoms with E-state index in [-0.39, 0.29) is 11.5 Å². The smallest absolute Gasteiger partial charge is 0.324 e. The SMILES string of the molecule is CCC[C@@](N)(C(=O)O)C(C)c1cc(O)ccc1O. The maximum atomic E-state index is 11.4. The monoisotopic (exact) mass is 253 g/mol. The fourth-order valence-electron chi connectivity index (χ4n) is 2.09. The van der Waals surface area contributed by atoms with Crippen molar-refractivity contribution in [2.75, 3.05) is 0 Å². The Morgan fingerprint density at radius 1 is 1.44 bits per heavy atom. The second-order valence-electron chi connectivity index (χ2n) is 4.56. The standard InChI is InChI=1S/C13H19NO4/c1-3-6-13(14,12(17)18)8(2)10-7-9(15)4-5-11(10)16/h4-5,7-8,15-16H,3,6,14H2,1-2H3,(H,17,18)/t8?,13-/m0/s1. The first-order valence-corrected chi connectivity index (χ1v) is 5.87. The molecule has 1 unspecified atom stereocenters. The maximum absolute atomic E-state index is 11.4. The Labute approximate surface area is 106 Å². The number of aromatic hydroxyl groups is 2. The molecule has 0 aliphatic heterocycles. The molecule has 0 bridgehead atoms. The Kier molecular flexibility index (Phi) is 4.19. The number of carboxylic acid groups (broad SMARTS) is 1. The first kappa shape index (κ1) is 14.3. The third kappa shape index (κ3) is 2.56. The minimum absolute atomic E-state index is 0.0288. The number of phenols is 2. The topological polar surface area (TPSA) is 104 Å². The van der Waals surface area contributed by atoms with Gasteiger partial charge in [-0.1, -0.05) is 20.3 Å². The average molecular weight is 253 g/mol. The number of carbonyl (C=O) groups is 1. The molecule has 5 N–H and O–H groups in total. The molecule has 0 saturated heterocycles. The summed E-state index contributed by atoms with van der Waals surface area (Å²) in [6, 6.07) is 4.01. The second-order valence-corrected chi connectivity index (χ2v) is 4.56. The lowest BCUT2D eigenvalue weighted by Gasteiger charge is -2.31. The molecule has 0 fully saturated rings. The highest BCUT2D eigenvalue weighted by Crippen LogP contribution is 2.36. The lowest BCUT2D eigenvalue weighted by molar-refractivity contribution is -0.144. The first-order valence-electron chi connectivity index (χ1n) is 5.87. The van der Waals surface area contributed by atoms with E-state index in [2.05, 4.69) is 0 Å². The molecule has 0 radical (unpaired) electrons. The first-order chi connectivity index (χ1) is 8.32. The Morgan fingerprint density at radius 3 is 2.56 bits per heavy atom. The van der Waals surface area contributed by atoms with Crippen molar-refractivity contribution < 1.29 is 20.1 Å². The van der Waals surface area contributed by atoms with E-state index in [1.807, 2.05) is 6.92 Å². The summed E-state index contributed by atoms with van der Waals surface area (Å²) >= 11 is 0. The molecule has 2 atom stereocenters. The van der Waals surface area contributed by atoms with Crippen LogP contribution in [0.2, 0.25) is 0 Å². The molecular weight excluding hydrogens is 234 g/mol. The van der Waals surface area contributed by atoms with E-state index in [1.54, 1.807) is 6.92 Å². The molecular formula is C13H19NO4. The summed E-state index contributed by atoms with van der Waals surface area (Å²) in [7, 11) is 0. The Balaban J connectivity index is 3.21. The Hall–Kier alpha value is -1.75. The molecule has 0 spiro atoms.